The maximum Gasteiger partial charge on any atom is 0.305 e. The smallest absolute Gasteiger partial charge is 0.305 e. The number of halogens is 1. The van der Waals surface area contributed by atoms with Crippen molar-refractivity contribution in [2.45, 2.75) is 25.7 Å². The monoisotopic (exact) mass is 359 g/mol. The van der Waals surface area contributed by atoms with Gasteiger partial charge < -0.3 is 10.1 Å². The molecule has 0 fully saturated rings. The standard InChI is InChI=1S/C14H18BrNO3S/c1-19-14(18)5-3-2-4-10-16-13(17)9-7-11-6-8-12(15)20-11/h6-9H,2-5,10H2,1H3,(H,16,17)/b9-7+. The van der Waals surface area contributed by atoms with E-state index in [1.165, 1.54) is 13.2 Å². The number of carbonyl (C=O) groups is 2. The molecular weight excluding hydrogens is 342 g/mol. The maximum absolute atomic E-state index is 11.5. The van der Waals surface area contributed by atoms with Crippen molar-refractivity contribution in [3.63, 3.8) is 0 Å². The maximum atomic E-state index is 11.5. The number of carbonyl (C=O) groups excluding carboxylic acids is 2. The summed E-state index contributed by atoms with van der Waals surface area (Å²) in [7, 11) is 1.39. The Labute approximate surface area is 131 Å². The summed E-state index contributed by atoms with van der Waals surface area (Å²) < 4.78 is 5.60. The van der Waals surface area contributed by atoms with Gasteiger partial charge in [0, 0.05) is 23.9 Å². The van der Waals surface area contributed by atoms with Crippen LogP contribution in [0.3, 0.4) is 0 Å². The van der Waals surface area contributed by atoms with Gasteiger partial charge in [0.15, 0.2) is 0 Å². The van der Waals surface area contributed by atoms with Crippen molar-refractivity contribution < 1.29 is 14.3 Å². The van der Waals surface area contributed by atoms with Crippen LogP contribution in [0.1, 0.15) is 30.6 Å². The lowest BCUT2D eigenvalue weighted by Gasteiger charge is -2.02. The van der Waals surface area contributed by atoms with Gasteiger partial charge in [-0.3, -0.25) is 9.59 Å². The molecule has 1 rings (SSSR count). The second-order valence-electron chi connectivity index (χ2n) is 4.15. The zero-order valence-corrected chi connectivity index (χ0v) is 13.8. The van der Waals surface area contributed by atoms with Crippen LogP contribution in [0.4, 0.5) is 0 Å². The third kappa shape index (κ3) is 7.45. The van der Waals surface area contributed by atoms with Crippen molar-refractivity contribution in [2.24, 2.45) is 0 Å². The highest BCUT2D eigenvalue weighted by Crippen LogP contribution is 2.22. The zero-order valence-electron chi connectivity index (χ0n) is 11.4. The summed E-state index contributed by atoms with van der Waals surface area (Å²) in [6.45, 7) is 0.623. The van der Waals surface area contributed by atoms with Crippen LogP contribution in [-0.4, -0.2) is 25.5 Å². The van der Waals surface area contributed by atoms with E-state index in [0.717, 1.165) is 27.9 Å². The van der Waals surface area contributed by atoms with Crippen LogP contribution >= 0.6 is 27.3 Å². The van der Waals surface area contributed by atoms with Gasteiger partial charge in [0.25, 0.3) is 0 Å². The van der Waals surface area contributed by atoms with Crippen LogP contribution in [0, 0.1) is 0 Å². The quantitative estimate of drug-likeness (QED) is 0.439. The summed E-state index contributed by atoms with van der Waals surface area (Å²) in [4.78, 5) is 23.4. The SMILES string of the molecule is COC(=O)CCCCCNC(=O)/C=C/c1ccc(Br)s1. The third-order valence-electron chi connectivity index (χ3n) is 2.58. The molecule has 0 atom stereocenters. The minimum Gasteiger partial charge on any atom is -0.469 e. The molecule has 0 aliphatic rings. The van der Waals surface area contributed by atoms with Crippen LogP contribution in [-0.2, 0) is 14.3 Å². The molecule has 0 saturated heterocycles. The zero-order chi connectivity index (χ0) is 14.8. The molecule has 1 aromatic rings. The van der Waals surface area contributed by atoms with E-state index in [4.69, 9.17) is 0 Å². The number of hydrogen-bond acceptors (Lipinski definition) is 4. The van der Waals surface area contributed by atoms with E-state index in [9.17, 15) is 9.59 Å². The Balaban J connectivity index is 2.08. The Bertz CT molecular complexity index is 471. The van der Waals surface area contributed by atoms with E-state index < -0.39 is 0 Å². The Kier molecular flexibility index (Phi) is 8.22. The van der Waals surface area contributed by atoms with Crippen LogP contribution in [0.5, 0.6) is 0 Å². The highest BCUT2D eigenvalue weighted by Gasteiger charge is 2.00. The number of rotatable bonds is 8. The van der Waals surface area contributed by atoms with Crippen molar-refractivity contribution in [3.8, 4) is 0 Å². The number of hydrogen-bond donors (Lipinski definition) is 1. The number of nitrogens with one attached hydrogen (secondary N) is 1. The van der Waals surface area contributed by atoms with E-state index >= 15 is 0 Å². The Morgan fingerprint density at radius 1 is 1.35 bits per heavy atom. The molecule has 1 amide bonds. The number of ether oxygens (including phenoxy) is 1. The fourth-order valence-corrected chi connectivity index (χ4v) is 2.85. The fraction of sp³-hybridized carbons (Fsp3) is 0.429. The second-order valence-corrected chi connectivity index (χ2v) is 6.65. The van der Waals surface area contributed by atoms with E-state index in [2.05, 4.69) is 26.0 Å². The minimum atomic E-state index is -0.181. The van der Waals surface area contributed by atoms with E-state index in [-0.39, 0.29) is 11.9 Å². The van der Waals surface area contributed by atoms with Crippen molar-refractivity contribution >= 4 is 45.2 Å². The molecule has 1 heterocycles. The highest BCUT2D eigenvalue weighted by molar-refractivity contribution is 9.11. The van der Waals surface area contributed by atoms with Crippen molar-refractivity contribution in [1.29, 1.82) is 0 Å². The summed E-state index contributed by atoms with van der Waals surface area (Å²) in [6.07, 6.45) is 6.33. The Hall–Kier alpha value is -1.14. The van der Waals surface area contributed by atoms with Crippen molar-refractivity contribution in [3.05, 3.63) is 26.9 Å². The lowest BCUT2D eigenvalue weighted by molar-refractivity contribution is -0.140. The predicted octanol–water partition coefficient (Wildman–Crippen LogP) is 3.37. The molecular formula is C14H18BrNO3S. The third-order valence-corrected chi connectivity index (χ3v) is 4.17. The Morgan fingerprint density at radius 2 is 2.15 bits per heavy atom. The molecule has 6 heteroatoms. The van der Waals surface area contributed by atoms with Crippen LogP contribution < -0.4 is 5.32 Å². The number of esters is 1. The minimum absolute atomic E-state index is 0.0949. The normalized spacial score (nSPS) is 10.7. The number of amides is 1. The predicted molar refractivity (Wildman–Crippen MR) is 84.5 cm³/mol. The lowest BCUT2D eigenvalue weighted by atomic mass is 10.2. The molecule has 0 bridgehead atoms. The van der Waals surface area contributed by atoms with Gasteiger partial charge in [-0.05, 0) is 47.0 Å². The first-order chi connectivity index (χ1) is 9.61. The molecule has 0 unspecified atom stereocenters. The number of thiophene rings is 1. The van der Waals surface area contributed by atoms with E-state index in [1.54, 1.807) is 17.4 Å². The molecule has 1 aromatic heterocycles. The molecule has 0 aliphatic carbocycles. The molecule has 0 aliphatic heterocycles. The number of methoxy groups -OCH3 is 1. The first-order valence-electron chi connectivity index (χ1n) is 6.40. The molecule has 20 heavy (non-hydrogen) atoms. The van der Waals surface area contributed by atoms with Gasteiger partial charge in [-0.2, -0.15) is 0 Å². The summed E-state index contributed by atoms with van der Waals surface area (Å²) >= 11 is 4.95. The van der Waals surface area contributed by atoms with E-state index in [1.807, 2.05) is 12.1 Å². The van der Waals surface area contributed by atoms with Gasteiger partial charge in [-0.25, -0.2) is 0 Å². The van der Waals surface area contributed by atoms with E-state index in [0.29, 0.717) is 13.0 Å². The first-order valence-corrected chi connectivity index (χ1v) is 8.01. The molecule has 0 aromatic carbocycles. The summed E-state index contributed by atoms with van der Waals surface area (Å²) in [5, 5.41) is 2.81. The van der Waals surface area contributed by atoms with Crippen LogP contribution in [0.15, 0.2) is 22.0 Å². The molecule has 0 saturated carbocycles. The summed E-state index contributed by atoms with van der Waals surface area (Å²) in [5.74, 6) is -0.276. The topological polar surface area (TPSA) is 55.4 Å². The summed E-state index contributed by atoms with van der Waals surface area (Å²) in [6, 6.07) is 3.90. The average Bonchev–Trinajstić information content (AvgIpc) is 2.85. The second kappa shape index (κ2) is 9.72. The molecule has 110 valence electrons. The van der Waals surface area contributed by atoms with Crippen LogP contribution in [0.2, 0.25) is 0 Å². The summed E-state index contributed by atoms with van der Waals surface area (Å²) in [5.41, 5.74) is 0. The van der Waals surface area contributed by atoms with Crippen molar-refractivity contribution in [2.75, 3.05) is 13.7 Å². The van der Waals surface area contributed by atoms with Gasteiger partial charge in [-0.15, -0.1) is 11.3 Å². The van der Waals surface area contributed by atoms with Crippen LogP contribution in [0.25, 0.3) is 6.08 Å². The highest BCUT2D eigenvalue weighted by atomic mass is 79.9. The average molecular weight is 360 g/mol. The van der Waals surface area contributed by atoms with Gasteiger partial charge in [0.1, 0.15) is 0 Å². The lowest BCUT2D eigenvalue weighted by Crippen LogP contribution is -2.21. The number of unbranched alkanes of at least 4 members (excludes halogenated alkanes) is 2. The van der Waals surface area contributed by atoms with Gasteiger partial charge >= 0.3 is 5.97 Å². The largest absolute Gasteiger partial charge is 0.469 e. The molecule has 1 N–H and O–H groups in total. The fourth-order valence-electron chi connectivity index (χ4n) is 1.52. The first kappa shape index (κ1) is 16.9. The van der Waals surface area contributed by atoms with Gasteiger partial charge in [0.05, 0.1) is 10.9 Å². The van der Waals surface area contributed by atoms with Gasteiger partial charge in [0.2, 0.25) is 5.91 Å². The van der Waals surface area contributed by atoms with Crippen molar-refractivity contribution in [1.82, 2.24) is 5.32 Å². The van der Waals surface area contributed by atoms with Gasteiger partial charge in [-0.1, -0.05) is 6.42 Å². The molecule has 4 nitrogen and oxygen atoms in total. The Morgan fingerprint density at radius 3 is 2.80 bits per heavy atom. The molecule has 0 radical (unpaired) electrons. The molecule has 0 spiro atoms.